The molecule has 1 atom stereocenters. The van der Waals surface area contributed by atoms with Crippen LogP contribution in [0.15, 0.2) is 42.5 Å². The molecule has 0 aliphatic carbocycles. The smallest absolute Gasteiger partial charge is 0.416 e. The number of alkyl halides is 3. The number of nitrogens with zero attached hydrogens (tertiary/aromatic N) is 1. The lowest BCUT2D eigenvalue weighted by atomic mass is 10.0. The van der Waals surface area contributed by atoms with Crippen LogP contribution in [0, 0.1) is 0 Å². The van der Waals surface area contributed by atoms with Crippen LogP contribution in [-0.4, -0.2) is 32.0 Å². The van der Waals surface area contributed by atoms with E-state index in [4.69, 9.17) is 4.74 Å². The summed E-state index contributed by atoms with van der Waals surface area (Å²) in [5.41, 5.74) is 0.540. The Morgan fingerprint density at radius 1 is 1.06 bits per heavy atom. The molecule has 0 radical (unpaired) electrons. The Kier molecular flexibility index (Phi) is 7.84. The topological polar surface area (TPSA) is 70.7 Å². The summed E-state index contributed by atoms with van der Waals surface area (Å²) in [6.45, 7) is 2.78. The number of benzene rings is 2. The van der Waals surface area contributed by atoms with Gasteiger partial charge in [0.05, 0.1) is 36.5 Å². The number of carbonyl (C=O) groups is 2. The van der Waals surface area contributed by atoms with Gasteiger partial charge >= 0.3 is 6.18 Å². The monoisotopic (exact) mass is 463 g/mol. The zero-order chi connectivity index (χ0) is 24.0. The van der Waals surface area contributed by atoms with Gasteiger partial charge in [-0.15, -0.1) is 0 Å². The first kappa shape index (κ1) is 24.4. The first-order valence-electron chi connectivity index (χ1n) is 10.8. The number of halogens is 3. The quantitative estimate of drug-likeness (QED) is 0.612. The Morgan fingerprint density at radius 2 is 1.73 bits per heavy atom. The predicted molar refractivity (Wildman–Crippen MR) is 120 cm³/mol. The molecule has 0 spiro atoms. The maximum atomic E-state index is 13.3. The first-order chi connectivity index (χ1) is 15.7. The van der Waals surface area contributed by atoms with Gasteiger partial charge in [0.2, 0.25) is 11.8 Å². The molecular weight excluding hydrogens is 435 g/mol. The minimum atomic E-state index is -4.53. The Hall–Kier alpha value is -3.23. The molecule has 1 saturated heterocycles. The summed E-state index contributed by atoms with van der Waals surface area (Å²) >= 11 is 0. The molecule has 1 aliphatic rings. The van der Waals surface area contributed by atoms with Gasteiger partial charge in [-0.3, -0.25) is 9.59 Å². The number of hydrogen-bond donors (Lipinski definition) is 2. The number of anilines is 2. The van der Waals surface area contributed by atoms with Crippen molar-refractivity contribution in [1.29, 1.82) is 0 Å². The molecule has 9 heteroatoms. The van der Waals surface area contributed by atoms with Gasteiger partial charge in [0.25, 0.3) is 0 Å². The largest absolute Gasteiger partial charge is 0.497 e. The highest BCUT2D eigenvalue weighted by molar-refractivity contribution is 5.95. The molecule has 2 N–H and O–H groups in total. The van der Waals surface area contributed by atoms with Crippen molar-refractivity contribution in [2.75, 3.05) is 30.4 Å². The molecule has 1 fully saturated rings. The Balaban J connectivity index is 1.84. The average molecular weight is 464 g/mol. The molecule has 1 aliphatic heterocycles. The Labute approximate surface area is 191 Å². The van der Waals surface area contributed by atoms with E-state index in [9.17, 15) is 22.8 Å². The molecule has 2 aromatic rings. The lowest BCUT2D eigenvalue weighted by Crippen LogP contribution is -2.32. The normalized spacial score (nSPS) is 15.0. The second-order valence-corrected chi connectivity index (χ2v) is 8.06. The second-order valence-electron chi connectivity index (χ2n) is 8.06. The van der Waals surface area contributed by atoms with Crippen LogP contribution in [0.1, 0.15) is 49.8 Å². The van der Waals surface area contributed by atoms with Crippen molar-refractivity contribution in [1.82, 2.24) is 5.32 Å². The molecule has 2 aromatic carbocycles. The third kappa shape index (κ3) is 6.63. The molecule has 33 heavy (non-hydrogen) atoms. The third-order valence-corrected chi connectivity index (χ3v) is 5.58. The van der Waals surface area contributed by atoms with Gasteiger partial charge < -0.3 is 20.3 Å². The van der Waals surface area contributed by atoms with E-state index < -0.39 is 23.7 Å². The van der Waals surface area contributed by atoms with Crippen LogP contribution in [-0.2, 0) is 15.8 Å². The van der Waals surface area contributed by atoms with Crippen LogP contribution in [0.2, 0.25) is 0 Å². The average Bonchev–Trinajstić information content (AvgIpc) is 2.78. The lowest BCUT2D eigenvalue weighted by molar-refractivity contribution is -0.137. The first-order valence-corrected chi connectivity index (χ1v) is 10.8. The fourth-order valence-corrected chi connectivity index (χ4v) is 3.94. The van der Waals surface area contributed by atoms with Crippen LogP contribution in [0.3, 0.4) is 0 Å². The molecule has 178 valence electrons. The van der Waals surface area contributed by atoms with Crippen LogP contribution in [0.4, 0.5) is 24.5 Å². The molecule has 2 amide bonds. The van der Waals surface area contributed by atoms with Crippen molar-refractivity contribution in [3.8, 4) is 5.75 Å². The second kappa shape index (κ2) is 10.6. The molecule has 0 aromatic heterocycles. The summed E-state index contributed by atoms with van der Waals surface area (Å²) in [5, 5.41) is 5.39. The van der Waals surface area contributed by atoms with Gasteiger partial charge in [0.1, 0.15) is 5.75 Å². The molecule has 6 nitrogen and oxygen atoms in total. The fraction of sp³-hybridized carbons (Fsp3) is 0.417. The van der Waals surface area contributed by atoms with E-state index in [1.54, 1.807) is 24.3 Å². The zero-order valence-corrected chi connectivity index (χ0v) is 18.7. The maximum Gasteiger partial charge on any atom is 0.416 e. The highest BCUT2D eigenvalue weighted by Gasteiger charge is 2.32. The van der Waals surface area contributed by atoms with E-state index in [0.717, 1.165) is 31.4 Å². The number of carbonyl (C=O) groups excluding carboxylic acids is 2. The number of nitrogens with one attached hydrogen (secondary N) is 2. The van der Waals surface area contributed by atoms with E-state index in [1.165, 1.54) is 20.1 Å². The van der Waals surface area contributed by atoms with Crippen LogP contribution in [0.25, 0.3) is 0 Å². The number of hydrogen-bond acceptors (Lipinski definition) is 4. The van der Waals surface area contributed by atoms with Gasteiger partial charge in [0, 0.05) is 20.0 Å². The molecule has 1 heterocycles. The van der Waals surface area contributed by atoms with E-state index in [-0.39, 0.29) is 18.0 Å². The van der Waals surface area contributed by atoms with Crippen molar-refractivity contribution < 1.29 is 27.5 Å². The number of piperidine rings is 1. The van der Waals surface area contributed by atoms with Gasteiger partial charge in [0.15, 0.2) is 0 Å². The Morgan fingerprint density at radius 3 is 2.30 bits per heavy atom. The fourth-order valence-electron chi connectivity index (χ4n) is 3.94. The number of rotatable bonds is 7. The van der Waals surface area contributed by atoms with E-state index in [0.29, 0.717) is 30.1 Å². The molecule has 3 rings (SSSR count). The minimum Gasteiger partial charge on any atom is -0.497 e. The summed E-state index contributed by atoms with van der Waals surface area (Å²) in [6, 6.07) is 9.68. The van der Waals surface area contributed by atoms with E-state index >= 15 is 0 Å². The van der Waals surface area contributed by atoms with Gasteiger partial charge in [-0.2, -0.15) is 13.2 Å². The predicted octanol–water partition coefficient (Wildman–Crippen LogP) is 4.91. The summed E-state index contributed by atoms with van der Waals surface area (Å²) in [5.74, 6) is -0.196. The molecule has 0 saturated carbocycles. The number of ether oxygens (including phenoxy) is 1. The summed E-state index contributed by atoms with van der Waals surface area (Å²) < 4.78 is 45.1. The molecule has 0 bridgehead atoms. The van der Waals surface area contributed by atoms with Crippen molar-refractivity contribution in [3.05, 3.63) is 53.6 Å². The Bertz CT molecular complexity index is 971. The third-order valence-electron chi connectivity index (χ3n) is 5.58. The SMILES string of the molecule is COc1ccc(C(CC(=O)Nc2cc(C(F)(F)F)ccc2N2CCCCC2)NC(C)=O)cc1. The summed E-state index contributed by atoms with van der Waals surface area (Å²) in [7, 11) is 1.53. The van der Waals surface area contributed by atoms with Gasteiger partial charge in [-0.25, -0.2) is 0 Å². The van der Waals surface area contributed by atoms with Crippen LogP contribution in [0.5, 0.6) is 5.75 Å². The zero-order valence-electron chi connectivity index (χ0n) is 18.7. The van der Waals surface area contributed by atoms with Gasteiger partial charge in [-0.1, -0.05) is 12.1 Å². The minimum absolute atomic E-state index is 0.119. The summed E-state index contributed by atoms with van der Waals surface area (Å²) in [4.78, 5) is 26.6. The summed E-state index contributed by atoms with van der Waals surface area (Å²) in [6.07, 6.45) is -1.71. The highest BCUT2D eigenvalue weighted by atomic mass is 19.4. The number of methoxy groups -OCH3 is 1. The van der Waals surface area contributed by atoms with Crippen LogP contribution >= 0.6 is 0 Å². The van der Waals surface area contributed by atoms with Gasteiger partial charge in [-0.05, 0) is 55.2 Å². The number of amides is 2. The lowest BCUT2D eigenvalue weighted by Gasteiger charge is -2.31. The molecular formula is C24H28F3N3O3. The van der Waals surface area contributed by atoms with E-state index in [1.807, 2.05) is 4.90 Å². The highest BCUT2D eigenvalue weighted by Crippen LogP contribution is 2.36. The van der Waals surface area contributed by atoms with Crippen molar-refractivity contribution in [2.45, 2.75) is 44.8 Å². The van der Waals surface area contributed by atoms with E-state index in [2.05, 4.69) is 10.6 Å². The maximum absolute atomic E-state index is 13.3. The van der Waals surface area contributed by atoms with Crippen LogP contribution < -0.4 is 20.3 Å². The molecule has 1 unspecified atom stereocenters. The van der Waals surface area contributed by atoms with Crippen molar-refractivity contribution in [3.63, 3.8) is 0 Å². The standard InChI is InChI=1S/C24H28F3N3O3/c1-16(31)28-20(17-6-9-19(33-2)10-7-17)15-23(32)29-21-14-18(24(25,26)27)8-11-22(21)30-12-4-3-5-13-30/h6-11,14,20H,3-5,12-13,15H2,1-2H3,(H,28,31)(H,29,32). The van der Waals surface area contributed by atoms with Crippen molar-refractivity contribution in [2.24, 2.45) is 0 Å². The van der Waals surface area contributed by atoms with Crippen molar-refractivity contribution >= 4 is 23.2 Å².